The van der Waals surface area contributed by atoms with Gasteiger partial charge in [0.25, 0.3) is 0 Å². The van der Waals surface area contributed by atoms with E-state index in [-0.39, 0.29) is 0 Å². The summed E-state index contributed by atoms with van der Waals surface area (Å²) in [6.45, 7) is 6.66. The Balaban J connectivity index is 2.94. The SMILES string of the molecule is C=CCP=NPOCCCCC. The molecule has 0 fully saturated rings. The number of hydrogen-bond donors (Lipinski definition) is 0. The van der Waals surface area contributed by atoms with E-state index in [4.69, 9.17) is 4.52 Å². The molecule has 1 unspecified atom stereocenters. The van der Waals surface area contributed by atoms with Crippen molar-refractivity contribution in [3.8, 4) is 0 Å². The van der Waals surface area contributed by atoms with Gasteiger partial charge in [-0.2, -0.15) is 0 Å². The lowest BCUT2D eigenvalue weighted by molar-refractivity contribution is 0.348. The molecule has 0 aliphatic carbocycles. The number of allylic oxidation sites excluding steroid dienone is 1. The first-order valence-electron chi connectivity index (χ1n) is 4.26. The topological polar surface area (TPSA) is 21.6 Å². The van der Waals surface area contributed by atoms with Gasteiger partial charge in [-0.3, -0.25) is 0 Å². The van der Waals surface area contributed by atoms with Crippen molar-refractivity contribution in [3.05, 3.63) is 12.7 Å². The zero-order chi connectivity index (χ0) is 9.07. The average Bonchev–Trinajstić information content (AvgIpc) is 2.10. The Hall–Kier alpha value is 0.230. The highest BCUT2D eigenvalue weighted by atomic mass is 31.1. The standard InChI is InChI=1S/C8H17NOP2/c1-3-5-6-7-10-12-9-11-8-4-2/h4,12H,2-3,5-8H2,1H3. The number of nitrogens with zero attached hydrogens (tertiary/aromatic N) is 1. The van der Waals surface area contributed by atoms with Crippen molar-refractivity contribution < 1.29 is 4.52 Å². The summed E-state index contributed by atoms with van der Waals surface area (Å²) in [7, 11) is 1.39. The van der Waals surface area contributed by atoms with E-state index >= 15 is 0 Å². The summed E-state index contributed by atoms with van der Waals surface area (Å²) in [5, 5.41) is 0. The lowest BCUT2D eigenvalue weighted by atomic mass is 10.3. The van der Waals surface area contributed by atoms with Gasteiger partial charge in [0.2, 0.25) is 0 Å². The van der Waals surface area contributed by atoms with Crippen molar-refractivity contribution in [2.45, 2.75) is 26.2 Å². The van der Waals surface area contributed by atoms with Crippen molar-refractivity contribution in [3.63, 3.8) is 0 Å². The first-order valence-corrected chi connectivity index (χ1v) is 6.14. The highest BCUT2D eigenvalue weighted by molar-refractivity contribution is 7.41. The molecule has 0 amide bonds. The summed E-state index contributed by atoms with van der Waals surface area (Å²) in [5.74, 6) is 0. The smallest absolute Gasteiger partial charge is 0.141 e. The first-order chi connectivity index (χ1) is 5.91. The molecular weight excluding hydrogens is 188 g/mol. The van der Waals surface area contributed by atoms with Crippen LogP contribution in [0.15, 0.2) is 17.2 Å². The second kappa shape index (κ2) is 11.2. The summed E-state index contributed by atoms with van der Waals surface area (Å²) in [5.41, 5.74) is 0. The van der Waals surface area contributed by atoms with Crippen LogP contribution in [0.25, 0.3) is 0 Å². The van der Waals surface area contributed by atoms with Gasteiger partial charge < -0.3 is 4.52 Å². The Bertz CT molecular complexity index is 128. The molecule has 0 aromatic heterocycles. The molecule has 0 bridgehead atoms. The number of unbranched alkanes of at least 4 members (excludes halogenated alkanes) is 2. The number of hydrogen-bond acceptors (Lipinski definition) is 2. The van der Waals surface area contributed by atoms with E-state index in [1.807, 2.05) is 6.08 Å². The fourth-order valence-electron chi connectivity index (χ4n) is 0.626. The van der Waals surface area contributed by atoms with Gasteiger partial charge in [-0.1, -0.05) is 25.8 Å². The Labute approximate surface area is 78.6 Å². The van der Waals surface area contributed by atoms with E-state index in [2.05, 4.69) is 18.0 Å². The molecule has 0 rings (SSSR count). The molecule has 2 nitrogen and oxygen atoms in total. The van der Waals surface area contributed by atoms with Gasteiger partial charge in [0.15, 0.2) is 0 Å². The quantitative estimate of drug-likeness (QED) is 0.333. The van der Waals surface area contributed by atoms with Crippen LogP contribution in [0.5, 0.6) is 0 Å². The van der Waals surface area contributed by atoms with E-state index in [1.54, 1.807) is 0 Å². The molecule has 0 radical (unpaired) electrons. The van der Waals surface area contributed by atoms with Crippen LogP contribution in [0.2, 0.25) is 0 Å². The molecule has 1 atom stereocenters. The van der Waals surface area contributed by atoms with Crippen LogP contribution in [0.1, 0.15) is 26.2 Å². The lowest BCUT2D eigenvalue weighted by Crippen LogP contribution is -1.82. The molecule has 0 heterocycles. The maximum absolute atomic E-state index is 5.30. The van der Waals surface area contributed by atoms with Crippen molar-refractivity contribution in [2.24, 2.45) is 4.52 Å². The third-order valence-electron chi connectivity index (χ3n) is 1.24. The van der Waals surface area contributed by atoms with Crippen molar-refractivity contribution in [1.82, 2.24) is 0 Å². The summed E-state index contributed by atoms with van der Waals surface area (Å²) < 4.78 is 9.47. The minimum Gasteiger partial charge on any atom is -0.340 e. The van der Waals surface area contributed by atoms with Gasteiger partial charge in [-0.05, 0) is 6.42 Å². The monoisotopic (exact) mass is 205 g/mol. The van der Waals surface area contributed by atoms with Crippen LogP contribution in [-0.4, -0.2) is 12.8 Å². The zero-order valence-corrected chi connectivity index (χ0v) is 9.52. The van der Waals surface area contributed by atoms with Gasteiger partial charge in [-0.25, -0.2) is 4.52 Å². The summed E-state index contributed by atoms with van der Waals surface area (Å²) >= 11 is 0. The van der Waals surface area contributed by atoms with Crippen LogP contribution in [0.4, 0.5) is 0 Å². The maximum atomic E-state index is 5.30. The third-order valence-corrected chi connectivity index (χ3v) is 2.88. The Morgan fingerprint density at radius 3 is 3.08 bits per heavy atom. The average molecular weight is 205 g/mol. The maximum Gasteiger partial charge on any atom is 0.141 e. The van der Waals surface area contributed by atoms with E-state index < -0.39 is 0 Å². The Kier molecular flexibility index (Phi) is 11.4. The van der Waals surface area contributed by atoms with Gasteiger partial charge in [-0.15, -0.1) is 6.58 Å². The molecule has 0 saturated carbocycles. The zero-order valence-electron chi connectivity index (χ0n) is 7.62. The van der Waals surface area contributed by atoms with Crippen molar-refractivity contribution in [1.29, 1.82) is 0 Å². The fraction of sp³-hybridized carbons (Fsp3) is 0.750. The first kappa shape index (κ1) is 12.2. The molecule has 0 spiro atoms. The Morgan fingerprint density at radius 2 is 2.42 bits per heavy atom. The molecule has 0 aromatic carbocycles. The highest BCUT2D eigenvalue weighted by Crippen LogP contribution is 2.20. The molecule has 70 valence electrons. The molecule has 0 aliphatic rings. The molecule has 4 heteroatoms. The molecule has 0 saturated heterocycles. The van der Waals surface area contributed by atoms with Gasteiger partial charge >= 0.3 is 0 Å². The number of rotatable bonds is 8. The minimum absolute atomic E-state index is 0.318. The van der Waals surface area contributed by atoms with Gasteiger partial charge in [0.1, 0.15) is 8.96 Å². The Morgan fingerprint density at radius 1 is 1.58 bits per heavy atom. The largest absolute Gasteiger partial charge is 0.340 e. The van der Waals surface area contributed by atoms with Crippen LogP contribution < -0.4 is 0 Å². The van der Waals surface area contributed by atoms with Crippen LogP contribution in [-0.2, 0) is 4.52 Å². The summed E-state index contributed by atoms with van der Waals surface area (Å²) in [6.07, 6.45) is 6.47. The van der Waals surface area contributed by atoms with E-state index in [0.717, 1.165) is 27.6 Å². The third kappa shape index (κ3) is 10.2. The summed E-state index contributed by atoms with van der Waals surface area (Å²) in [6, 6.07) is 0. The van der Waals surface area contributed by atoms with Gasteiger partial charge in [0, 0.05) is 14.5 Å². The predicted molar refractivity (Wildman–Crippen MR) is 58.2 cm³/mol. The van der Waals surface area contributed by atoms with E-state index in [1.165, 1.54) is 12.8 Å². The molecule has 0 aliphatic heterocycles. The van der Waals surface area contributed by atoms with Crippen LogP contribution >= 0.6 is 17.3 Å². The molecule has 12 heavy (non-hydrogen) atoms. The predicted octanol–water partition coefficient (Wildman–Crippen LogP) is 4.02. The second-order valence-electron chi connectivity index (χ2n) is 2.36. The molecule has 0 aromatic rings. The minimum atomic E-state index is 0.318. The van der Waals surface area contributed by atoms with Gasteiger partial charge in [0.05, 0.1) is 6.61 Å². The fourth-order valence-corrected chi connectivity index (χ4v) is 1.77. The van der Waals surface area contributed by atoms with Crippen LogP contribution in [0, 0.1) is 0 Å². The van der Waals surface area contributed by atoms with E-state index in [9.17, 15) is 0 Å². The highest BCUT2D eigenvalue weighted by Gasteiger charge is 1.85. The lowest BCUT2D eigenvalue weighted by Gasteiger charge is -1.97. The van der Waals surface area contributed by atoms with Crippen molar-refractivity contribution >= 4 is 17.3 Å². The van der Waals surface area contributed by atoms with Crippen molar-refractivity contribution in [2.75, 3.05) is 12.8 Å². The normalized spacial score (nSPS) is 11.8. The summed E-state index contributed by atoms with van der Waals surface area (Å²) in [4.78, 5) is 0. The molecule has 0 N–H and O–H groups in total. The van der Waals surface area contributed by atoms with Crippen LogP contribution in [0.3, 0.4) is 0 Å². The second-order valence-corrected chi connectivity index (χ2v) is 4.28. The van der Waals surface area contributed by atoms with E-state index in [0.29, 0.717) is 8.96 Å². The molecular formula is C8H17NOP2.